The van der Waals surface area contributed by atoms with Gasteiger partial charge in [-0.05, 0) is 236 Å². The van der Waals surface area contributed by atoms with Gasteiger partial charge in [-0.25, -0.2) is 0 Å². The molecular weight excluding hydrogens is 1280 g/mol. The van der Waals surface area contributed by atoms with E-state index in [4.69, 9.17) is 0 Å². The van der Waals surface area contributed by atoms with Crippen LogP contribution in [-0.2, 0) is 34.5 Å². The molecule has 0 saturated carbocycles. The van der Waals surface area contributed by atoms with Crippen molar-refractivity contribution in [2.24, 2.45) is 0 Å². The molecule has 1 aliphatic heterocycles. The van der Waals surface area contributed by atoms with Crippen LogP contribution in [0.4, 0.5) is 45.5 Å². The maximum atomic E-state index is 2.61. The van der Waals surface area contributed by atoms with Crippen molar-refractivity contribution in [3.8, 4) is 44.8 Å². The van der Waals surface area contributed by atoms with Crippen LogP contribution in [-0.4, -0.2) is 15.7 Å². The number of fused-ring (bicyclic) bond motifs is 8. The van der Waals surface area contributed by atoms with Crippen LogP contribution in [0.25, 0.3) is 99.1 Å². The molecule has 13 aromatic carbocycles. The average Bonchev–Trinajstić information content (AvgIpc) is 0.996. The molecule has 0 amide bonds. The highest BCUT2D eigenvalue weighted by molar-refractivity contribution is 6.17. The number of anilines is 8. The highest BCUT2D eigenvalue weighted by atomic mass is 15.2. The fraction of sp³-hybridized carbons (Fsp3) is 0.248. The fourth-order valence-corrected chi connectivity index (χ4v) is 16.5. The largest absolute Gasteiger partial charge is 0.340 e. The Labute approximate surface area is 629 Å². The lowest BCUT2D eigenvalue weighted by molar-refractivity contribution is 0.590. The van der Waals surface area contributed by atoms with Crippen LogP contribution in [0, 0.1) is 0 Å². The van der Waals surface area contributed by atoms with Crippen molar-refractivity contribution in [1.29, 1.82) is 0 Å². The zero-order valence-corrected chi connectivity index (χ0v) is 64.9. The Balaban J connectivity index is 0.856. The van der Waals surface area contributed by atoms with Gasteiger partial charge in [-0.1, -0.05) is 250 Å². The van der Waals surface area contributed by atoms with E-state index in [1.807, 2.05) is 0 Å². The second kappa shape index (κ2) is 26.9. The van der Waals surface area contributed by atoms with Crippen LogP contribution in [0.5, 0.6) is 0 Å². The summed E-state index contributed by atoms with van der Waals surface area (Å²) in [6, 6.07) is 103. The van der Waals surface area contributed by atoms with Crippen LogP contribution < -0.4 is 14.7 Å². The minimum atomic E-state index is -0.00779. The van der Waals surface area contributed by atoms with E-state index >= 15 is 0 Å². The lowest BCUT2D eigenvalue weighted by atomic mass is 9.85. The summed E-state index contributed by atoms with van der Waals surface area (Å²) >= 11 is 0. The minimum Gasteiger partial charge on any atom is -0.340 e. The normalized spacial score (nSPS) is 12.7. The molecule has 106 heavy (non-hydrogen) atoms. The van der Waals surface area contributed by atoms with Gasteiger partial charge in [-0.3, -0.25) is 0 Å². The average molecular weight is 1380 g/mol. The summed E-state index contributed by atoms with van der Waals surface area (Å²) in [6.07, 6.45) is 5.38. The SMILES string of the molecule is CCCc1ccc(-c2ccc(N(c3cccc(-n4c5ccc(C(C)(C)C)cc5c5cc(C(C)(C)C)ccc54)c3)c3ccc4c(c3)N(CCC)c3cccc5c(N(c6ccc(-c7ccc(CCC)cc7)cc6)c6cccc(-n7c8ccc(C(C)(C)C)cc8c8cc(C(C)(C)C)ccc87)c6)ccc-4c35)cc2)cc1. The van der Waals surface area contributed by atoms with Crippen molar-refractivity contribution in [2.45, 2.75) is 158 Å². The molecule has 3 heterocycles. The first-order valence-corrected chi connectivity index (χ1v) is 38.8. The van der Waals surface area contributed by atoms with Gasteiger partial charge in [-0.15, -0.1) is 0 Å². The molecule has 5 nitrogen and oxygen atoms in total. The zero-order chi connectivity index (χ0) is 73.7. The van der Waals surface area contributed by atoms with Gasteiger partial charge < -0.3 is 23.8 Å². The first-order chi connectivity index (χ1) is 50.9. The quantitative estimate of drug-likeness (QED) is 0.0961. The molecular formula is C101H101N5. The number of aromatic nitrogens is 2. The molecule has 16 rings (SSSR count). The third-order valence-electron chi connectivity index (χ3n) is 22.4. The Morgan fingerprint density at radius 2 is 0.651 bits per heavy atom. The van der Waals surface area contributed by atoms with Gasteiger partial charge in [-0.2, -0.15) is 0 Å². The molecule has 2 aromatic heterocycles. The number of rotatable bonds is 16. The van der Waals surface area contributed by atoms with Gasteiger partial charge >= 0.3 is 0 Å². The maximum Gasteiger partial charge on any atom is 0.0541 e. The van der Waals surface area contributed by atoms with Crippen molar-refractivity contribution in [1.82, 2.24) is 9.13 Å². The van der Waals surface area contributed by atoms with E-state index in [9.17, 15) is 0 Å². The number of nitrogens with zero attached hydrogens (tertiary/aromatic N) is 5. The van der Waals surface area contributed by atoms with Gasteiger partial charge in [0.25, 0.3) is 0 Å². The van der Waals surface area contributed by atoms with Crippen LogP contribution in [0.15, 0.2) is 267 Å². The molecule has 1 aliphatic rings. The molecule has 0 fully saturated rings. The van der Waals surface area contributed by atoms with Crippen molar-refractivity contribution >= 4 is 99.9 Å². The monoisotopic (exact) mass is 1380 g/mol. The summed E-state index contributed by atoms with van der Waals surface area (Å²) in [5.74, 6) is 0. The second-order valence-corrected chi connectivity index (χ2v) is 34.0. The number of hydrogen-bond donors (Lipinski definition) is 0. The van der Waals surface area contributed by atoms with E-state index in [2.05, 4.69) is 395 Å². The first-order valence-electron chi connectivity index (χ1n) is 38.8. The van der Waals surface area contributed by atoms with Gasteiger partial charge in [0.05, 0.1) is 33.4 Å². The van der Waals surface area contributed by atoms with Crippen molar-refractivity contribution < 1.29 is 0 Å². The second-order valence-electron chi connectivity index (χ2n) is 34.0. The standard InChI is InChI=1S/C101H101N5/c1-16-22-66-30-34-68(35-31-66)70-38-46-76(47-39-70)103(78-24-19-26-80(63-78)105-91-53-42-72(98(4,5)6)59-86(91)87-60-73(99(7,8)9)43-54-92(87)105)82-50-51-83-84-52-57-90(85-28-21-29-95(97(84)85)102(58-18-3)96(83)65-82)104(77-48-40-71(41-49-77)69-36-32-67(23-17-2)33-37-69)79-25-20-27-81(64-79)106-93-55-44-74(100(10,11)12)61-88(93)89-62-75(101(13,14)15)45-56-94(89)106/h19-21,24-57,59-65H,16-18,22-23,58H2,1-15H3. The molecule has 0 bridgehead atoms. The summed E-state index contributed by atoms with van der Waals surface area (Å²) in [4.78, 5) is 7.60. The van der Waals surface area contributed by atoms with Crippen LogP contribution in [0.2, 0.25) is 0 Å². The lowest BCUT2D eigenvalue weighted by Gasteiger charge is -2.36. The van der Waals surface area contributed by atoms with Gasteiger partial charge in [0.2, 0.25) is 0 Å². The Morgan fingerprint density at radius 3 is 1.06 bits per heavy atom. The summed E-state index contributed by atoms with van der Waals surface area (Å²) in [5.41, 5.74) is 31.3. The van der Waals surface area contributed by atoms with Crippen molar-refractivity contribution in [3.05, 3.63) is 300 Å². The topological polar surface area (TPSA) is 19.6 Å². The van der Waals surface area contributed by atoms with E-state index in [-0.39, 0.29) is 21.7 Å². The molecule has 0 spiro atoms. The van der Waals surface area contributed by atoms with Crippen LogP contribution in [0.1, 0.15) is 156 Å². The predicted octanol–water partition coefficient (Wildman–Crippen LogP) is 28.9. The molecule has 530 valence electrons. The summed E-state index contributed by atoms with van der Waals surface area (Å²) in [6.45, 7) is 35.5. The Bertz CT molecular complexity index is 5690. The summed E-state index contributed by atoms with van der Waals surface area (Å²) in [5, 5.41) is 7.57. The number of benzene rings is 13. The maximum absolute atomic E-state index is 2.61. The van der Waals surface area contributed by atoms with Crippen LogP contribution in [0.3, 0.4) is 0 Å². The van der Waals surface area contributed by atoms with E-state index in [1.54, 1.807) is 0 Å². The molecule has 0 saturated heterocycles. The third-order valence-corrected chi connectivity index (χ3v) is 22.4. The van der Waals surface area contributed by atoms with Crippen molar-refractivity contribution in [3.63, 3.8) is 0 Å². The Morgan fingerprint density at radius 1 is 0.283 bits per heavy atom. The molecule has 5 heteroatoms. The smallest absolute Gasteiger partial charge is 0.0541 e. The van der Waals surface area contributed by atoms with Gasteiger partial charge in [0, 0.05) is 89.9 Å². The summed E-state index contributed by atoms with van der Waals surface area (Å²) < 4.78 is 4.99. The minimum absolute atomic E-state index is 0.00594. The van der Waals surface area contributed by atoms with Crippen molar-refractivity contribution in [2.75, 3.05) is 21.2 Å². The van der Waals surface area contributed by atoms with E-state index in [1.165, 1.54) is 133 Å². The van der Waals surface area contributed by atoms with Crippen LogP contribution >= 0.6 is 0 Å². The Kier molecular flexibility index (Phi) is 17.6. The fourth-order valence-electron chi connectivity index (χ4n) is 16.5. The summed E-state index contributed by atoms with van der Waals surface area (Å²) in [7, 11) is 0. The third kappa shape index (κ3) is 12.6. The van der Waals surface area contributed by atoms with E-state index in [0.717, 1.165) is 84.1 Å². The molecule has 0 atom stereocenters. The molecule has 0 unspecified atom stereocenters. The lowest BCUT2D eigenvalue weighted by Crippen LogP contribution is -2.22. The van der Waals surface area contributed by atoms with E-state index in [0.29, 0.717) is 0 Å². The Hall–Kier alpha value is -10.9. The van der Waals surface area contributed by atoms with E-state index < -0.39 is 0 Å². The number of hydrogen-bond acceptors (Lipinski definition) is 3. The van der Waals surface area contributed by atoms with Gasteiger partial charge in [0.15, 0.2) is 0 Å². The molecule has 0 N–H and O–H groups in total. The van der Waals surface area contributed by atoms with Gasteiger partial charge in [0.1, 0.15) is 0 Å². The first kappa shape index (κ1) is 69.5. The predicted molar refractivity (Wildman–Crippen MR) is 458 cm³/mol. The zero-order valence-electron chi connectivity index (χ0n) is 64.9. The highest BCUT2D eigenvalue weighted by Gasteiger charge is 2.31. The molecule has 0 radical (unpaired) electrons. The number of aryl methyl sites for hydroxylation is 2. The molecule has 0 aliphatic carbocycles. The molecule has 15 aromatic rings. The highest BCUT2D eigenvalue weighted by Crippen LogP contribution is 2.54.